The maximum absolute atomic E-state index is 9.04. The van der Waals surface area contributed by atoms with Crippen LogP contribution < -0.4 is 0 Å². The van der Waals surface area contributed by atoms with Crippen molar-refractivity contribution in [3.63, 3.8) is 0 Å². The van der Waals surface area contributed by atoms with E-state index < -0.39 is 0 Å². The number of methoxy groups -OCH3 is 1. The van der Waals surface area contributed by atoms with Crippen LogP contribution in [0.3, 0.4) is 0 Å². The zero-order valence-electron chi connectivity index (χ0n) is 13.6. The average molecular weight is 303 g/mol. The first-order chi connectivity index (χ1) is 11.2. The molecule has 0 spiro atoms. The van der Waals surface area contributed by atoms with Gasteiger partial charge in [-0.15, -0.1) is 0 Å². The molecule has 2 nitrogen and oxygen atoms in total. The summed E-state index contributed by atoms with van der Waals surface area (Å²) in [6, 6.07) is 11.9. The zero-order valence-corrected chi connectivity index (χ0v) is 13.6. The molecule has 23 heavy (non-hydrogen) atoms. The number of rotatable bonds is 7. The van der Waals surface area contributed by atoms with Crippen LogP contribution in [0.2, 0.25) is 0 Å². The Morgan fingerprint density at radius 3 is 2.48 bits per heavy atom. The largest absolute Gasteiger partial charge is 0.496 e. The third kappa shape index (κ3) is 5.68. The van der Waals surface area contributed by atoms with Crippen molar-refractivity contribution >= 4 is 6.08 Å². The molecule has 1 aromatic rings. The minimum atomic E-state index is 0.351. The topological polar surface area (TPSA) is 33.0 Å². The third-order valence-corrected chi connectivity index (χ3v) is 3.04. The van der Waals surface area contributed by atoms with Crippen LogP contribution in [0.1, 0.15) is 12.5 Å². The van der Waals surface area contributed by atoms with Gasteiger partial charge in [-0.2, -0.15) is 5.26 Å². The second kappa shape index (κ2) is 9.81. The molecular formula is C21H21NO. The van der Waals surface area contributed by atoms with E-state index in [1.165, 1.54) is 0 Å². The highest BCUT2D eigenvalue weighted by atomic mass is 16.5. The second-order valence-electron chi connectivity index (χ2n) is 4.67. The van der Waals surface area contributed by atoms with Crippen LogP contribution in [0.25, 0.3) is 6.08 Å². The molecule has 1 aromatic carbocycles. The summed E-state index contributed by atoms with van der Waals surface area (Å²) < 4.78 is 5.55. The summed E-state index contributed by atoms with van der Waals surface area (Å²) >= 11 is 0. The highest BCUT2D eigenvalue weighted by Crippen LogP contribution is 2.25. The van der Waals surface area contributed by atoms with Crippen LogP contribution >= 0.6 is 0 Å². The van der Waals surface area contributed by atoms with Crippen molar-refractivity contribution in [2.45, 2.75) is 6.92 Å². The Balaban J connectivity index is 3.46. The van der Waals surface area contributed by atoms with Gasteiger partial charge in [-0.25, -0.2) is 0 Å². The molecule has 0 aromatic heterocycles. The van der Waals surface area contributed by atoms with Crippen molar-refractivity contribution in [1.29, 1.82) is 5.26 Å². The van der Waals surface area contributed by atoms with E-state index >= 15 is 0 Å². The van der Waals surface area contributed by atoms with E-state index in [9.17, 15) is 0 Å². The molecule has 0 aliphatic heterocycles. The van der Waals surface area contributed by atoms with Crippen LogP contribution in [0.5, 0.6) is 0 Å². The summed E-state index contributed by atoms with van der Waals surface area (Å²) in [5, 5.41) is 9.04. The van der Waals surface area contributed by atoms with Gasteiger partial charge in [-0.3, -0.25) is 0 Å². The number of benzene rings is 1. The Kier molecular flexibility index (Phi) is 7.68. The highest BCUT2D eigenvalue weighted by molar-refractivity contribution is 5.64. The summed E-state index contributed by atoms with van der Waals surface area (Å²) in [6.45, 7) is 9.52. The summed E-state index contributed by atoms with van der Waals surface area (Å²) in [5.41, 5.74) is 2.97. The van der Waals surface area contributed by atoms with Gasteiger partial charge in [0.1, 0.15) is 5.76 Å². The Morgan fingerprint density at radius 2 is 1.96 bits per heavy atom. The lowest BCUT2D eigenvalue weighted by Gasteiger charge is -2.12. The molecule has 0 heterocycles. The molecule has 0 aliphatic rings. The first-order valence-corrected chi connectivity index (χ1v) is 7.23. The van der Waals surface area contributed by atoms with E-state index in [0.717, 1.165) is 16.7 Å². The summed E-state index contributed by atoms with van der Waals surface area (Å²) in [7, 11) is 1.61. The van der Waals surface area contributed by atoms with Crippen molar-refractivity contribution in [1.82, 2.24) is 0 Å². The fourth-order valence-electron chi connectivity index (χ4n) is 1.92. The molecule has 0 N–H and O–H groups in total. The number of allylic oxidation sites excluding steroid dienone is 7. The van der Waals surface area contributed by atoms with E-state index in [1.807, 2.05) is 67.6 Å². The standard InChI is InChI=1S/C21H21NO/c1-5-7-13-19(6-2)20(14-17(3)16-22)21(23-4)15-18-11-9-8-10-12-18/h5-15H,2-3H2,1,4H3/b7-5-,19-13-,20-14-,21-15-. The van der Waals surface area contributed by atoms with Crippen molar-refractivity contribution in [3.8, 4) is 6.07 Å². The van der Waals surface area contributed by atoms with Gasteiger partial charge >= 0.3 is 0 Å². The molecule has 2 heteroatoms. The van der Waals surface area contributed by atoms with Crippen LogP contribution in [0.4, 0.5) is 0 Å². The van der Waals surface area contributed by atoms with Crippen molar-refractivity contribution in [2.75, 3.05) is 7.11 Å². The lowest BCUT2D eigenvalue weighted by atomic mass is 9.99. The number of nitriles is 1. The van der Waals surface area contributed by atoms with Crippen LogP contribution in [-0.4, -0.2) is 7.11 Å². The van der Waals surface area contributed by atoms with Gasteiger partial charge in [0.2, 0.25) is 0 Å². The maximum atomic E-state index is 9.04. The minimum Gasteiger partial charge on any atom is -0.496 e. The van der Waals surface area contributed by atoms with E-state index in [4.69, 9.17) is 10.00 Å². The molecule has 0 saturated heterocycles. The monoisotopic (exact) mass is 303 g/mol. The first kappa shape index (κ1) is 18.0. The summed E-state index contributed by atoms with van der Waals surface area (Å²) in [4.78, 5) is 0. The number of hydrogen-bond donors (Lipinski definition) is 0. The Hall–Kier alpha value is -3.05. The van der Waals surface area contributed by atoms with Crippen molar-refractivity contribution < 1.29 is 4.74 Å². The zero-order chi connectivity index (χ0) is 17.1. The molecule has 0 unspecified atom stereocenters. The summed E-state index contributed by atoms with van der Waals surface area (Å²) in [5.74, 6) is 0.642. The van der Waals surface area contributed by atoms with Gasteiger partial charge < -0.3 is 4.74 Å². The molecule has 116 valence electrons. The van der Waals surface area contributed by atoms with E-state index in [-0.39, 0.29) is 0 Å². The van der Waals surface area contributed by atoms with Gasteiger partial charge in [0, 0.05) is 11.1 Å². The fraction of sp³-hybridized carbons (Fsp3) is 0.0952. The molecule has 0 atom stereocenters. The quantitative estimate of drug-likeness (QED) is 0.385. The van der Waals surface area contributed by atoms with Crippen molar-refractivity contribution in [2.24, 2.45) is 0 Å². The van der Waals surface area contributed by atoms with Gasteiger partial charge in [0.05, 0.1) is 13.2 Å². The lowest BCUT2D eigenvalue weighted by molar-refractivity contribution is 0.306. The van der Waals surface area contributed by atoms with E-state index in [1.54, 1.807) is 19.3 Å². The molecular weight excluding hydrogens is 282 g/mol. The Labute approximate surface area is 138 Å². The number of nitrogens with zero attached hydrogens (tertiary/aromatic N) is 1. The first-order valence-electron chi connectivity index (χ1n) is 7.23. The molecule has 0 amide bonds. The van der Waals surface area contributed by atoms with E-state index in [0.29, 0.717) is 11.3 Å². The van der Waals surface area contributed by atoms with Crippen LogP contribution in [0, 0.1) is 11.3 Å². The second-order valence-corrected chi connectivity index (χ2v) is 4.67. The van der Waals surface area contributed by atoms with Gasteiger partial charge in [-0.05, 0) is 30.2 Å². The predicted molar refractivity (Wildman–Crippen MR) is 97.4 cm³/mol. The molecule has 0 aliphatic carbocycles. The normalized spacial score (nSPS) is 12.8. The Morgan fingerprint density at radius 1 is 1.26 bits per heavy atom. The van der Waals surface area contributed by atoms with Gasteiger partial charge in [0.15, 0.2) is 0 Å². The molecule has 0 radical (unpaired) electrons. The molecule has 0 saturated carbocycles. The van der Waals surface area contributed by atoms with Crippen LogP contribution in [0.15, 0.2) is 96.3 Å². The molecule has 0 bridgehead atoms. The smallest absolute Gasteiger partial charge is 0.127 e. The minimum absolute atomic E-state index is 0.351. The molecule has 0 fully saturated rings. The SMILES string of the molecule is C=CC(=C/C=C\C)/C(=C/C(=C)C#N)C(=C/c1ccccc1)/OC. The predicted octanol–water partition coefficient (Wildman–Crippen LogP) is 5.37. The van der Waals surface area contributed by atoms with Crippen molar-refractivity contribution in [3.05, 3.63) is 102 Å². The third-order valence-electron chi connectivity index (χ3n) is 3.04. The lowest BCUT2D eigenvalue weighted by Crippen LogP contribution is -1.97. The Bertz CT molecular complexity index is 710. The van der Waals surface area contributed by atoms with E-state index in [2.05, 4.69) is 13.2 Å². The average Bonchev–Trinajstić information content (AvgIpc) is 2.60. The summed E-state index contributed by atoms with van der Waals surface area (Å²) in [6.07, 6.45) is 11.1. The number of hydrogen-bond acceptors (Lipinski definition) is 2. The number of ether oxygens (including phenoxy) is 1. The fourth-order valence-corrected chi connectivity index (χ4v) is 1.92. The maximum Gasteiger partial charge on any atom is 0.127 e. The van der Waals surface area contributed by atoms with Gasteiger partial charge in [0.25, 0.3) is 0 Å². The highest BCUT2D eigenvalue weighted by Gasteiger charge is 2.10. The van der Waals surface area contributed by atoms with Gasteiger partial charge in [-0.1, -0.05) is 67.8 Å². The van der Waals surface area contributed by atoms with Crippen LogP contribution in [-0.2, 0) is 4.74 Å². The molecule has 1 rings (SSSR count).